The van der Waals surface area contributed by atoms with Gasteiger partial charge in [-0.05, 0) is 35.2 Å². The number of aliphatic hydroxyl groups is 2. The first kappa shape index (κ1) is 13.1. The predicted molar refractivity (Wildman–Crippen MR) is 75.5 cm³/mol. The van der Waals surface area contributed by atoms with E-state index in [0.29, 0.717) is 5.92 Å². The van der Waals surface area contributed by atoms with Crippen LogP contribution in [0.15, 0.2) is 30.3 Å². The van der Waals surface area contributed by atoms with E-state index in [1.54, 1.807) is 0 Å². The minimum atomic E-state index is -0.553. The summed E-state index contributed by atoms with van der Waals surface area (Å²) >= 11 is 0. The highest BCUT2D eigenvalue weighted by atomic mass is 16.3. The number of rotatable bonds is 2. The lowest BCUT2D eigenvalue weighted by molar-refractivity contribution is -0.0514. The molecule has 2 bridgehead atoms. The summed E-state index contributed by atoms with van der Waals surface area (Å²) in [5.74, 6) is 0.374. The van der Waals surface area contributed by atoms with Crippen LogP contribution >= 0.6 is 0 Å². The number of hydrogen-bond donors (Lipinski definition) is 2. The monoisotopic (exact) mass is 260 g/mol. The van der Waals surface area contributed by atoms with Crippen LogP contribution in [0.25, 0.3) is 0 Å². The van der Waals surface area contributed by atoms with Crippen molar-refractivity contribution in [1.29, 1.82) is 0 Å². The minimum Gasteiger partial charge on any atom is -0.392 e. The van der Waals surface area contributed by atoms with E-state index in [4.69, 9.17) is 0 Å². The molecule has 0 heterocycles. The molecular weight excluding hydrogens is 236 g/mol. The standard InChI is InChI=1S/C17H24O2/c1-16(2)12-9-10-17(16,3)15(19)13(12)14(18)11-7-5-4-6-8-11/h4-8,12-15,18-19H,9-10H2,1-3H3/t12-,13+,14+,15-,17+/m1/s1. The first-order chi connectivity index (χ1) is 8.89. The second-order valence-corrected chi connectivity index (χ2v) is 7.16. The Balaban J connectivity index is 1.96. The molecule has 2 heteroatoms. The topological polar surface area (TPSA) is 40.5 Å². The molecule has 0 spiro atoms. The molecule has 0 radical (unpaired) electrons. The zero-order valence-electron chi connectivity index (χ0n) is 12.0. The van der Waals surface area contributed by atoms with Gasteiger partial charge < -0.3 is 10.2 Å². The molecule has 0 aromatic heterocycles. The Morgan fingerprint density at radius 1 is 1.16 bits per heavy atom. The summed E-state index contributed by atoms with van der Waals surface area (Å²) in [5, 5.41) is 21.4. The molecule has 2 fully saturated rings. The van der Waals surface area contributed by atoms with Gasteiger partial charge in [0.2, 0.25) is 0 Å². The minimum absolute atomic E-state index is 0.0313. The molecule has 0 saturated heterocycles. The predicted octanol–water partition coefficient (Wildman–Crippen LogP) is 3.15. The van der Waals surface area contributed by atoms with Crippen molar-refractivity contribution in [2.45, 2.75) is 45.8 Å². The lowest BCUT2D eigenvalue weighted by Crippen LogP contribution is -2.39. The largest absolute Gasteiger partial charge is 0.392 e. The maximum absolute atomic E-state index is 10.7. The van der Waals surface area contributed by atoms with Crippen molar-refractivity contribution in [3.63, 3.8) is 0 Å². The molecule has 0 aliphatic heterocycles. The van der Waals surface area contributed by atoms with Crippen molar-refractivity contribution >= 4 is 0 Å². The molecule has 104 valence electrons. The van der Waals surface area contributed by atoms with Gasteiger partial charge in [0.05, 0.1) is 12.2 Å². The lowest BCUT2D eigenvalue weighted by Gasteiger charge is -2.38. The molecule has 3 rings (SSSR count). The fourth-order valence-electron chi connectivity index (χ4n) is 4.67. The van der Waals surface area contributed by atoms with E-state index in [9.17, 15) is 10.2 Å². The van der Waals surface area contributed by atoms with E-state index in [-0.39, 0.29) is 16.7 Å². The number of fused-ring (bicyclic) bond motifs is 2. The molecule has 2 nitrogen and oxygen atoms in total. The summed E-state index contributed by atoms with van der Waals surface area (Å²) in [6, 6.07) is 9.77. The van der Waals surface area contributed by atoms with Crippen molar-refractivity contribution < 1.29 is 10.2 Å². The Labute approximate surface area is 115 Å². The quantitative estimate of drug-likeness (QED) is 0.857. The van der Waals surface area contributed by atoms with Gasteiger partial charge in [-0.2, -0.15) is 0 Å². The summed E-state index contributed by atoms with van der Waals surface area (Å²) in [7, 11) is 0. The van der Waals surface area contributed by atoms with Gasteiger partial charge in [0.1, 0.15) is 0 Å². The van der Waals surface area contributed by atoms with E-state index >= 15 is 0 Å². The fourth-order valence-corrected chi connectivity index (χ4v) is 4.67. The second kappa shape index (κ2) is 4.07. The van der Waals surface area contributed by atoms with Gasteiger partial charge in [0.15, 0.2) is 0 Å². The first-order valence-corrected chi connectivity index (χ1v) is 7.30. The maximum atomic E-state index is 10.7. The molecule has 5 atom stereocenters. The van der Waals surface area contributed by atoms with E-state index < -0.39 is 12.2 Å². The highest BCUT2D eigenvalue weighted by Gasteiger charge is 2.67. The van der Waals surface area contributed by atoms with Crippen molar-refractivity contribution in [3.05, 3.63) is 35.9 Å². The number of benzene rings is 1. The lowest BCUT2D eigenvalue weighted by atomic mass is 9.70. The average Bonchev–Trinajstić information content (AvgIpc) is 2.71. The molecule has 1 aromatic carbocycles. The average molecular weight is 260 g/mol. The molecule has 0 unspecified atom stereocenters. The van der Waals surface area contributed by atoms with Crippen LogP contribution in [0, 0.1) is 22.7 Å². The third-order valence-electron chi connectivity index (χ3n) is 6.36. The Bertz CT molecular complexity index is 467. The molecule has 2 N–H and O–H groups in total. The van der Waals surface area contributed by atoms with Crippen LogP contribution in [0.4, 0.5) is 0 Å². The van der Waals surface area contributed by atoms with Crippen LogP contribution < -0.4 is 0 Å². The van der Waals surface area contributed by atoms with Gasteiger partial charge in [-0.1, -0.05) is 51.1 Å². The van der Waals surface area contributed by atoms with Gasteiger partial charge in [-0.25, -0.2) is 0 Å². The third-order valence-corrected chi connectivity index (χ3v) is 6.36. The van der Waals surface area contributed by atoms with Crippen LogP contribution in [-0.2, 0) is 0 Å². The summed E-state index contributed by atoms with van der Waals surface area (Å²) in [4.78, 5) is 0. The van der Waals surface area contributed by atoms with E-state index in [1.165, 1.54) is 0 Å². The second-order valence-electron chi connectivity index (χ2n) is 7.16. The SMILES string of the molecule is CC1(C)[C@@H]2CC[C@@]1(C)[C@H](O)[C@@H]2[C@@H](O)c1ccccc1. The van der Waals surface area contributed by atoms with E-state index in [1.807, 2.05) is 30.3 Å². The van der Waals surface area contributed by atoms with Gasteiger partial charge in [0, 0.05) is 5.92 Å². The highest BCUT2D eigenvalue weighted by Crippen LogP contribution is 2.69. The van der Waals surface area contributed by atoms with Crippen LogP contribution in [0.1, 0.15) is 45.3 Å². The van der Waals surface area contributed by atoms with Crippen molar-refractivity contribution in [2.75, 3.05) is 0 Å². The zero-order chi connectivity index (χ0) is 13.8. The van der Waals surface area contributed by atoms with Gasteiger partial charge >= 0.3 is 0 Å². The molecule has 19 heavy (non-hydrogen) atoms. The zero-order valence-corrected chi connectivity index (χ0v) is 12.0. The van der Waals surface area contributed by atoms with Crippen LogP contribution in [0.3, 0.4) is 0 Å². The summed E-state index contributed by atoms with van der Waals surface area (Å²) in [6.07, 6.45) is 1.23. The number of hydrogen-bond acceptors (Lipinski definition) is 2. The van der Waals surface area contributed by atoms with E-state index in [0.717, 1.165) is 18.4 Å². The maximum Gasteiger partial charge on any atom is 0.0845 e. The Kier molecular flexibility index (Phi) is 2.81. The molecule has 2 saturated carbocycles. The Morgan fingerprint density at radius 3 is 2.32 bits per heavy atom. The van der Waals surface area contributed by atoms with Gasteiger partial charge in [-0.15, -0.1) is 0 Å². The summed E-state index contributed by atoms with van der Waals surface area (Å²) in [5.41, 5.74) is 0.976. The van der Waals surface area contributed by atoms with Crippen LogP contribution in [0.5, 0.6) is 0 Å². The van der Waals surface area contributed by atoms with Crippen molar-refractivity contribution in [3.8, 4) is 0 Å². The summed E-state index contributed by atoms with van der Waals surface area (Å²) < 4.78 is 0. The van der Waals surface area contributed by atoms with Gasteiger partial charge in [-0.3, -0.25) is 0 Å². The van der Waals surface area contributed by atoms with Crippen molar-refractivity contribution in [1.82, 2.24) is 0 Å². The highest BCUT2D eigenvalue weighted by molar-refractivity contribution is 5.23. The van der Waals surface area contributed by atoms with Crippen LogP contribution in [-0.4, -0.2) is 16.3 Å². The molecule has 2 aliphatic carbocycles. The smallest absolute Gasteiger partial charge is 0.0845 e. The first-order valence-electron chi connectivity index (χ1n) is 7.30. The molecule has 0 amide bonds. The molecule has 1 aromatic rings. The molecular formula is C17H24O2. The van der Waals surface area contributed by atoms with Crippen LogP contribution in [0.2, 0.25) is 0 Å². The van der Waals surface area contributed by atoms with Crippen molar-refractivity contribution in [2.24, 2.45) is 22.7 Å². The third kappa shape index (κ3) is 1.56. The fraction of sp³-hybridized carbons (Fsp3) is 0.647. The summed E-state index contributed by atoms with van der Waals surface area (Å²) in [6.45, 7) is 6.70. The van der Waals surface area contributed by atoms with E-state index in [2.05, 4.69) is 20.8 Å². The Hall–Kier alpha value is -0.860. The molecule has 2 aliphatic rings. The normalized spacial score (nSPS) is 41.4. The number of aliphatic hydroxyl groups excluding tert-OH is 2. The Morgan fingerprint density at radius 2 is 1.79 bits per heavy atom. The van der Waals surface area contributed by atoms with Gasteiger partial charge in [0.25, 0.3) is 0 Å².